The van der Waals surface area contributed by atoms with E-state index in [1.165, 1.54) is 0 Å². The summed E-state index contributed by atoms with van der Waals surface area (Å²) in [5, 5.41) is 0.730. The van der Waals surface area contributed by atoms with Crippen LogP contribution in [0, 0.1) is 0 Å². The highest BCUT2D eigenvalue weighted by Gasteiger charge is 2.41. The van der Waals surface area contributed by atoms with E-state index >= 15 is 0 Å². The Hall–Kier alpha value is -0.810. The number of hydrogen-bond donors (Lipinski definition) is 1. The van der Waals surface area contributed by atoms with E-state index in [-0.39, 0.29) is 0 Å². The van der Waals surface area contributed by atoms with Crippen LogP contribution in [0.4, 0.5) is 5.69 Å². The van der Waals surface area contributed by atoms with Crippen LogP contribution in [0.5, 0.6) is 0 Å². The second kappa shape index (κ2) is 5.29. The number of rotatable bonds is 2. The van der Waals surface area contributed by atoms with Crippen molar-refractivity contribution in [3.63, 3.8) is 0 Å². The molecule has 104 valence electrons. The Kier molecular flexibility index (Phi) is 3.67. The number of hydrogen-bond acceptors (Lipinski definition) is 4. The van der Waals surface area contributed by atoms with E-state index in [0.717, 1.165) is 42.2 Å². The average molecular weight is 283 g/mol. The second-order valence-electron chi connectivity index (χ2n) is 5.07. The quantitative estimate of drug-likeness (QED) is 0.903. The number of anilines is 1. The van der Waals surface area contributed by atoms with Crippen LogP contribution in [0.15, 0.2) is 18.2 Å². The minimum absolute atomic E-state index is 0.424. The standard InChI is InChI=1S/C14H19ClN2O2/c15-12-3-1-4-13(11(12)9-16)17-6-2-5-14(10-17)18-7-8-19-14/h1,3-4H,2,5-10,16H2. The monoisotopic (exact) mass is 282 g/mol. The summed E-state index contributed by atoms with van der Waals surface area (Å²) in [6, 6.07) is 5.92. The molecule has 4 nitrogen and oxygen atoms in total. The fraction of sp³-hybridized carbons (Fsp3) is 0.571. The van der Waals surface area contributed by atoms with E-state index < -0.39 is 5.79 Å². The molecule has 0 amide bonds. The van der Waals surface area contributed by atoms with Gasteiger partial charge in [-0.25, -0.2) is 0 Å². The van der Waals surface area contributed by atoms with Crippen molar-refractivity contribution < 1.29 is 9.47 Å². The van der Waals surface area contributed by atoms with Crippen LogP contribution in [0.1, 0.15) is 18.4 Å². The van der Waals surface area contributed by atoms with E-state index in [1.807, 2.05) is 12.1 Å². The van der Waals surface area contributed by atoms with E-state index in [4.69, 9.17) is 26.8 Å². The van der Waals surface area contributed by atoms with E-state index in [9.17, 15) is 0 Å². The van der Waals surface area contributed by atoms with Crippen LogP contribution >= 0.6 is 11.6 Å². The Morgan fingerprint density at radius 1 is 1.32 bits per heavy atom. The summed E-state index contributed by atoms with van der Waals surface area (Å²) in [4.78, 5) is 2.28. The van der Waals surface area contributed by atoms with Crippen molar-refractivity contribution in [1.29, 1.82) is 0 Å². The second-order valence-corrected chi connectivity index (χ2v) is 5.48. The van der Waals surface area contributed by atoms with Gasteiger partial charge in [-0.3, -0.25) is 0 Å². The molecular formula is C14H19ClN2O2. The van der Waals surface area contributed by atoms with Gasteiger partial charge in [0.25, 0.3) is 0 Å². The maximum absolute atomic E-state index is 6.23. The summed E-state index contributed by atoms with van der Waals surface area (Å²) in [7, 11) is 0. The lowest BCUT2D eigenvalue weighted by Crippen LogP contribution is -2.49. The van der Waals surface area contributed by atoms with Gasteiger partial charge in [0.2, 0.25) is 0 Å². The lowest BCUT2D eigenvalue weighted by Gasteiger charge is -2.40. The van der Waals surface area contributed by atoms with E-state index in [0.29, 0.717) is 19.8 Å². The number of benzene rings is 1. The van der Waals surface area contributed by atoms with Crippen molar-refractivity contribution in [3.8, 4) is 0 Å². The molecule has 3 rings (SSSR count). The Bertz CT molecular complexity index is 461. The number of halogens is 1. The molecule has 0 aromatic heterocycles. The number of ether oxygens (including phenoxy) is 2. The molecule has 1 spiro atoms. The molecule has 0 radical (unpaired) electrons. The first kappa shape index (κ1) is 13.2. The number of nitrogens with zero attached hydrogens (tertiary/aromatic N) is 1. The van der Waals surface area contributed by atoms with Crippen LogP contribution in [-0.2, 0) is 16.0 Å². The van der Waals surface area contributed by atoms with Crippen LogP contribution in [0.25, 0.3) is 0 Å². The molecule has 0 bridgehead atoms. The zero-order valence-corrected chi connectivity index (χ0v) is 11.7. The summed E-state index contributed by atoms with van der Waals surface area (Å²) in [6.45, 7) is 3.56. The average Bonchev–Trinajstić information content (AvgIpc) is 2.86. The first-order valence-electron chi connectivity index (χ1n) is 6.74. The molecule has 2 aliphatic heterocycles. The lowest BCUT2D eigenvalue weighted by molar-refractivity contribution is -0.161. The van der Waals surface area contributed by atoms with Crippen LogP contribution in [0.2, 0.25) is 5.02 Å². The van der Waals surface area contributed by atoms with Gasteiger partial charge < -0.3 is 20.1 Å². The smallest absolute Gasteiger partial charge is 0.186 e. The van der Waals surface area contributed by atoms with E-state index in [2.05, 4.69) is 11.0 Å². The largest absolute Gasteiger partial charge is 0.366 e. The van der Waals surface area contributed by atoms with Gasteiger partial charge in [0.05, 0.1) is 19.8 Å². The number of nitrogens with two attached hydrogens (primary N) is 1. The van der Waals surface area contributed by atoms with Crippen molar-refractivity contribution in [3.05, 3.63) is 28.8 Å². The first-order valence-corrected chi connectivity index (χ1v) is 7.12. The molecule has 0 aliphatic carbocycles. The molecule has 0 atom stereocenters. The van der Waals surface area contributed by atoms with Gasteiger partial charge in [0, 0.05) is 35.8 Å². The highest BCUT2D eigenvalue weighted by Crippen LogP contribution is 2.35. The molecular weight excluding hydrogens is 264 g/mol. The fourth-order valence-corrected chi connectivity index (χ4v) is 3.22. The Balaban J connectivity index is 1.87. The lowest BCUT2D eigenvalue weighted by atomic mass is 10.0. The molecule has 1 aromatic rings. The highest BCUT2D eigenvalue weighted by atomic mass is 35.5. The van der Waals surface area contributed by atoms with Crippen LogP contribution < -0.4 is 10.6 Å². The van der Waals surface area contributed by atoms with Crippen molar-refractivity contribution in [2.75, 3.05) is 31.2 Å². The third kappa shape index (κ3) is 2.46. The Labute approximate surface area is 118 Å². The summed E-state index contributed by atoms with van der Waals surface area (Å²) in [6.07, 6.45) is 2.01. The zero-order chi connectivity index (χ0) is 13.3. The molecule has 2 fully saturated rings. The van der Waals surface area contributed by atoms with Crippen molar-refractivity contribution in [1.82, 2.24) is 0 Å². The van der Waals surface area contributed by atoms with Crippen molar-refractivity contribution in [2.45, 2.75) is 25.2 Å². The van der Waals surface area contributed by atoms with Gasteiger partial charge >= 0.3 is 0 Å². The molecule has 2 N–H and O–H groups in total. The summed E-state index contributed by atoms with van der Waals surface area (Å²) < 4.78 is 11.6. The Morgan fingerprint density at radius 2 is 2.11 bits per heavy atom. The molecule has 0 saturated carbocycles. The maximum atomic E-state index is 6.23. The maximum Gasteiger partial charge on any atom is 0.186 e. The van der Waals surface area contributed by atoms with Gasteiger partial charge in [-0.2, -0.15) is 0 Å². The SMILES string of the molecule is NCc1c(Cl)cccc1N1CCCC2(C1)OCCO2. The molecule has 5 heteroatoms. The van der Waals surface area contributed by atoms with Gasteiger partial charge in [-0.05, 0) is 18.6 Å². The minimum Gasteiger partial charge on any atom is -0.366 e. The van der Waals surface area contributed by atoms with E-state index in [1.54, 1.807) is 0 Å². The first-order chi connectivity index (χ1) is 9.24. The predicted octanol–water partition coefficient (Wildman–Crippen LogP) is 2.14. The third-order valence-corrected chi connectivity index (χ3v) is 4.22. The number of piperidine rings is 1. The molecule has 1 aromatic carbocycles. The molecule has 19 heavy (non-hydrogen) atoms. The Morgan fingerprint density at radius 3 is 2.84 bits per heavy atom. The molecule has 2 heterocycles. The predicted molar refractivity (Wildman–Crippen MR) is 75.4 cm³/mol. The van der Waals surface area contributed by atoms with Crippen LogP contribution in [-0.4, -0.2) is 32.1 Å². The summed E-state index contributed by atoms with van der Waals surface area (Å²) >= 11 is 6.23. The van der Waals surface area contributed by atoms with Crippen molar-refractivity contribution in [2.24, 2.45) is 5.73 Å². The summed E-state index contributed by atoms with van der Waals surface area (Å²) in [5.74, 6) is -0.424. The zero-order valence-electron chi connectivity index (χ0n) is 10.9. The minimum atomic E-state index is -0.424. The molecule has 2 aliphatic rings. The molecule has 2 saturated heterocycles. The van der Waals surface area contributed by atoms with Gasteiger partial charge in [-0.15, -0.1) is 0 Å². The van der Waals surface area contributed by atoms with Gasteiger partial charge in [-0.1, -0.05) is 17.7 Å². The van der Waals surface area contributed by atoms with Gasteiger partial charge in [0.1, 0.15) is 0 Å². The normalized spacial score (nSPS) is 22.1. The fourth-order valence-electron chi connectivity index (χ4n) is 2.97. The topological polar surface area (TPSA) is 47.7 Å². The van der Waals surface area contributed by atoms with Crippen molar-refractivity contribution >= 4 is 17.3 Å². The molecule has 0 unspecified atom stereocenters. The summed E-state index contributed by atoms with van der Waals surface area (Å²) in [5.41, 5.74) is 7.93. The third-order valence-electron chi connectivity index (χ3n) is 3.87. The highest BCUT2D eigenvalue weighted by molar-refractivity contribution is 6.31. The van der Waals surface area contributed by atoms with Crippen LogP contribution in [0.3, 0.4) is 0 Å². The van der Waals surface area contributed by atoms with Gasteiger partial charge in [0.15, 0.2) is 5.79 Å².